The van der Waals surface area contributed by atoms with Gasteiger partial charge in [0.05, 0.1) is 17.2 Å². The second-order valence-electron chi connectivity index (χ2n) is 5.45. The summed E-state index contributed by atoms with van der Waals surface area (Å²) in [7, 11) is 0.174. The first-order chi connectivity index (χ1) is 11.8. The molecule has 26 heavy (non-hydrogen) atoms. The van der Waals surface area contributed by atoms with E-state index < -0.39 is 10.0 Å². The van der Waals surface area contributed by atoms with E-state index in [0.29, 0.717) is 23.3 Å². The molecule has 11 heteroatoms. The number of hydrogen-bond donors (Lipinski definition) is 2. The van der Waals surface area contributed by atoms with Crippen LogP contribution in [0.15, 0.2) is 26.7 Å². The number of hydrogen-bond acceptors (Lipinski definition) is 6. The van der Waals surface area contributed by atoms with Crippen molar-refractivity contribution in [2.24, 2.45) is 4.99 Å². The van der Waals surface area contributed by atoms with E-state index in [9.17, 15) is 8.42 Å². The summed E-state index contributed by atoms with van der Waals surface area (Å²) in [6.45, 7) is 5.22. The van der Waals surface area contributed by atoms with E-state index in [1.807, 2.05) is 31.2 Å². The second-order valence-corrected chi connectivity index (χ2v) is 9.79. The van der Waals surface area contributed by atoms with Crippen LogP contribution in [0, 0.1) is 13.8 Å². The minimum Gasteiger partial charge on any atom is -0.355 e. The normalized spacial score (nSPS) is 11.9. The molecule has 146 valence electrons. The highest BCUT2D eigenvalue weighted by Gasteiger charge is 2.15. The summed E-state index contributed by atoms with van der Waals surface area (Å²) in [5.74, 6) is 0.691. The van der Waals surface area contributed by atoms with Crippen molar-refractivity contribution in [3.05, 3.63) is 33.1 Å². The number of aryl methyl sites for hydroxylation is 2. The van der Waals surface area contributed by atoms with Crippen molar-refractivity contribution in [1.82, 2.24) is 19.9 Å². The van der Waals surface area contributed by atoms with Gasteiger partial charge in [-0.25, -0.2) is 18.1 Å². The largest absolute Gasteiger partial charge is 0.355 e. The molecule has 2 aromatic heterocycles. The van der Waals surface area contributed by atoms with Crippen molar-refractivity contribution in [3.63, 3.8) is 0 Å². The molecule has 0 aromatic carbocycles. The van der Waals surface area contributed by atoms with Gasteiger partial charge in [-0.2, -0.15) is 0 Å². The molecule has 0 saturated carbocycles. The molecule has 0 aliphatic heterocycles. The topological polar surface area (TPSA) is 86.7 Å². The van der Waals surface area contributed by atoms with Gasteiger partial charge < -0.3 is 10.2 Å². The molecule has 7 nitrogen and oxygen atoms in total. The molecule has 0 aliphatic carbocycles. The number of sulfonamides is 1. The SMILES string of the molecule is CN=C(NCCNS(=O)(=O)c1ccc(C)s1)N(C)Cc1csc(C)n1.I. The molecule has 0 aliphatic rings. The number of aromatic nitrogens is 1. The van der Waals surface area contributed by atoms with Crippen LogP contribution >= 0.6 is 46.7 Å². The van der Waals surface area contributed by atoms with Crippen molar-refractivity contribution in [2.45, 2.75) is 24.6 Å². The molecular formula is C15H24IN5O2S3. The monoisotopic (exact) mass is 529 g/mol. The molecule has 0 amide bonds. The van der Waals surface area contributed by atoms with Crippen molar-refractivity contribution in [2.75, 3.05) is 27.2 Å². The molecule has 2 aromatic rings. The Hall–Kier alpha value is -0.760. The van der Waals surface area contributed by atoms with Crippen LogP contribution in [0.25, 0.3) is 0 Å². The maximum atomic E-state index is 12.2. The predicted octanol–water partition coefficient (Wildman–Crippen LogP) is 2.43. The van der Waals surface area contributed by atoms with Crippen LogP contribution in [0.3, 0.4) is 0 Å². The van der Waals surface area contributed by atoms with Gasteiger partial charge in [0.1, 0.15) is 4.21 Å². The van der Waals surface area contributed by atoms with Crippen LogP contribution in [0.5, 0.6) is 0 Å². The lowest BCUT2D eigenvalue weighted by atomic mass is 10.4. The number of halogens is 1. The maximum Gasteiger partial charge on any atom is 0.250 e. The van der Waals surface area contributed by atoms with Gasteiger partial charge in [-0.15, -0.1) is 46.7 Å². The number of thiazole rings is 1. The highest BCUT2D eigenvalue weighted by atomic mass is 127. The Morgan fingerprint density at radius 1 is 1.31 bits per heavy atom. The predicted molar refractivity (Wildman–Crippen MR) is 119 cm³/mol. The van der Waals surface area contributed by atoms with Crippen molar-refractivity contribution < 1.29 is 8.42 Å². The average Bonchev–Trinajstić information content (AvgIpc) is 3.16. The quantitative estimate of drug-likeness (QED) is 0.249. The zero-order valence-corrected chi connectivity index (χ0v) is 19.9. The van der Waals surface area contributed by atoms with Crippen LogP contribution in [-0.2, 0) is 16.6 Å². The number of aliphatic imine (C=N–C) groups is 1. The molecule has 0 atom stereocenters. The highest BCUT2D eigenvalue weighted by molar-refractivity contribution is 14.0. The Kier molecular flexibility index (Phi) is 9.44. The Morgan fingerprint density at radius 3 is 2.58 bits per heavy atom. The zero-order valence-electron chi connectivity index (χ0n) is 15.1. The van der Waals surface area contributed by atoms with Gasteiger partial charge in [0.15, 0.2) is 5.96 Å². The third kappa shape index (κ3) is 6.76. The molecule has 0 unspecified atom stereocenters. The van der Waals surface area contributed by atoms with E-state index in [1.54, 1.807) is 30.5 Å². The molecule has 0 radical (unpaired) electrons. The van der Waals surface area contributed by atoms with Gasteiger partial charge in [0, 0.05) is 37.4 Å². The molecule has 2 heterocycles. The van der Waals surface area contributed by atoms with Crippen molar-refractivity contribution in [3.8, 4) is 0 Å². The molecule has 2 N–H and O–H groups in total. The number of guanidine groups is 1. The minimum atomic E-state index is -3.44. The van der Waals surface area contributed by atoms with Gasteiger partial charge in [0.25, 0.3) is 0 Å². The van der Waals surface area contributed by atoms with E-state index in [4.69, 9.17) is 0 Å². The fourth-order valence-corrected chi connectivity index (χ4v) is 5.13. The van der Waals surface area contributed by atoms with Crippen molar-refractivity contribution in [1.29, 1.82) is 0 Å². The lowest BCUT2D eigenvalue weighted by Crippen LogP contribution is -2.42. The Bertz CT molecular complexity index is 832. The number of nitrogens with one attached hydrogen (secondary N) is 2. The molecule has 0 bridgehead atoms. The minimum absolute atomic E-state index is 0. The fourth-order valence-electron chi connectivity index (χ4n) is 2.17. The van der Waals surface area contributed by atoms with E-state index in [-0.39, 0.29) is 30.5 Å². The van der Waals surface area contributed by atoms with Crippen LogP contribution in [-0.4, -0.2) is 51.4 Å². The summed E-state index contributed by atoms with van der Waals surface area (Å²) in [5.41, 5.74) is 0.988. The summed E-state index contributed by atoms with van der Waals surface area (Å²) < 4.78 is 27.3. The third-order valence-corrected chi connectivity index (χ3v) is 7.10. The Morgan fingerprint density at radius 2 is 2.04 bits per heavy atom. The lowest BCUT2D eigenvalue weighted by molar-refractivity contribution is 0.471. The van der Waals surface area contributed by atoms with E-state index >= 15 is 0 Å². The summed E-state index contributed by atoms with van der Waals surface area (Å²) >= 11 is 2.88. The number of nitrogens with zero attached hydrogens (tertiary/aromatic N) is 3. The van der Waals surface area contributed by atoms with Gasteiger partial charge in [-0.05, 0) is 26.0 Å². The van der Waals surface area contributed by atoms with Crippen molar-refractivity contribution >= 4 is 62.6 Å². The Labute approximate surface area is 180 Å². The molecule has 2 rings (SSSR count). The summed E-state index contributed by atoms with van der Waals surface area (Å²) in [6.07, 6.45) is 0. The molecule has 0 spiro atoms. The number of rotatable bonds is 7. The van der Waals surface area contributed by atoms with Crippen LogP contribution in [0.4, 0.5) is 0 Å². The summed E-state index contributed by atoms with van der Waals surface area (Å²) in [4.78, 5) is 11.6. The van der Waals surface area contributed by atoms with Gasteiger partial charge in [0.2, 0.25) is 10.0 Å². The van der Waals surface area contributed by atoms with Gasteiger partial charge in [-0.3, -0.25) is 4.99 Å². The standard InChI is InChI=1S/C15H23N5O2S3.HI/c1-11-5-6-14(24-11)25(21,22)18-8-7-17-15(16-3)20(4)9-13-10-23-12(2)19-13;/h5-6,10,18H,7-9H2,1-4H3,(H,16,17);1H. The van der Waals surface area contributed by atoms with Crippen LogP contribution in [0.1, 0.15) is 15.6 Å². The first kappa shape index (κ1) is 23.3. The summed E-state index contributed by atoms with van der Waals surface area (Å²) in [5, 5.41) is 6.21. The van der Waals surface area contributed by atoms with E-state index in [0.717, 1.165) is 15.6 Å². The first-order valence-electron chi connectivity index (χ1n) is 7.70. The number of thiophene rings is 1. The van der Waals surface area contributed by atoms with Gasteiger partial charge in [-0.1, -0.05) is 0 Å². The maximum absolute atomic E-state index is 12.2. The van der Waals surface area contributed by atoms with Gasteiger partial charge >= 0.3 is 0 Å². The molecule has 0 fully saturated rings. The average molecular weight is 529 g/mol. The summed E-state index contributed by atoms with van der Waals surface area (Å²) in [6, 6.07) is 3.42. The zero-order chi connectivity index (χ0) is 18.4. The van der Waals surface area contributed by atoms with Crippen LogP contribution in [0.2, 0.25) is 0 Å². The fraction of sp³-hybridized carbons (Fsp3) is 0.467. The Balaban J connectivity index is 0.00000338. The van der Waals surface area contributed by atoms with E-state index in [1.165, 1.54) is 11.3 Å². The third-order valence-electron chi connectivity index (χ3n) is 3.32. The first-order valence-corrected chi connectivity index (χ1v) is 10.9. The smallest absolute Gasteiger partial charge is 0.250 e. The lowest BCUT2D eigenvalue weighted by Gasteiger charge is -2.21. The van der Waals surface area contributed by atoms with Crippen LogP contribution < -0.4 is 10.0 Å². The highest BCUT2D eigenvalue weighted by Crippen LogP contribution is 2.19. The molecule has 0 saturated heterocycles. The molecular weight excluding hydrogens is 505 g/mol. The second kappa shape index (κ2) is 10.5. The van der Waals surface area contributed by atoms with E-state index in [2.05, 4.69) is 20.0 Å².